The average Bonchev–Trinajstić information content (AvgIpc) is 2.18. The van der Waals surface area contributed by atoms with Gasteiger partial charge in [0, 0.05) is 11.5 Å². The predicted molar refractivity (Wildman–Crippen MR) is 57.6 cm³/mol. The highest BCUT2D eigenvalue weighted by Crippen LogP contribution is 2.31. The molecule has 0 amide bonds. The van der Waals surface area contributed by atoms with Gasteiger partial charge in [-0.15, -0.1) is 0 Å². The number of nitrogen functional groups attached to an aromatic ring is 1. The van der Waals surface area contributed by atoms with E-state index in [9.17, 15) is 13.6 Å². The fraction of sp³-hybridized carbons (Fsp3) is 0.333. The van der Waals surface area contributed by atoms with Gasteiger partial charge in [0.05, 0.1) is 12.0 Å². The van der Waals surface area contributed by atoms with Gasteiger partial charge >= 0.3 is 5.97 Å². The Morgan fingerprint density at radius 3 is 2.69 bits per heavy atom. The van der Waals surface area contributed by atoms with Gasteiger partial charge < -0.3 is 10.8 Å². The van der Waals surface area contributed by atoms with Crippen molar-refractivity contribution in [2.24, 2.45) is 0 Å². The minimum atomic E-state index is -2.77. The summed E-state index contributed by atoms with van der Waals surface area (Å²) < 4.78 is 25.4. The van der Waals surface area contributed by atoms with Crippen LogP contribution in [0.2, 0.25) is 0 Å². The van der Waals surface area contributed by atoms with E-state index in [0.717, 1.165) is 0 Å². The summed E-state index contributed by atoms with van der Waals surface area (Å²) in [6.45, 7) is 0. The van der Waals surface area contributed by atoms with E-state index in [2.05, 4.69) is 20.9 Å². The Balaban J connectivity index is 3.30. The fourth-order valence-corrected chi connectivity index (χ4v) is 2.00. The molecule has 16 heavy (non-hydrogen) atoms. The lowest BCUT2D eigenvalue weighted by atomic mass is 10.0. The summed E-state index contributed by atoms with van der Waals surface area (Å²) in [5.74, 6) is -1.37. The summed E-state index contributed by atoms with van der Waals surface area (Å²) in [6, 6.07) is 0. The van der Waals surface area contributed by atoms with E-state index in [0.29, 0.717) is 0 Å². The third-order valence-corrected chi connectivity index (χ3v) is 2.60. The quantitative estimate of drug-likeness (QED) is 0.834. The Bertz CT molecular complexity index is 413. The van der Waals surface area contributed by atoms with Crippen molar-refractivity contribution in [2.45, 2.75) is 18.2 Å². The van der Waals surface area contributed by atoms with E-state index in [-0.39, 0.29) is 28.7 Å². The minimum Gasteiger partial charge on any atom is -0.481 e. The molecule has 0 aliphatic heterocycles. The Kier molecular flexibility index (Phi) is 4.17. The van der Waals surface area contributed by atoms with Crippen molar-refractivity contribution >= 4 is 27.7 Å². The average molecular weight is 295 g/mol. The lowest BCUT2D eigenvalue weighted by Crippen LogP contribution is -2.09. The molecular formula is C9H9BrF2N2O2. The van der Waals surface area contributed by atoms with Gasteiger partial charge in [-0.2, -0.15) is 0 Å². The zero-order valence-electron chi connectivity index (χ0n) is 8.08. The van der Waals surface area contributed by atoms with Gasteiger partial charge in [0.1, 0.15) is 5.82 Å². The number of pyridine rings is 1. The van der Waals surface area contributed by atoms with Gasteiger partial charge in [-0.05, 0) is 11.1 Å². The number of nitrogens with two attached hydrogens (primary N) is 1. The van der Waals surface area contributed by atoms with E-state index in [1.807, 2.05) is 0 Å². The maximum Gasteiger partial charge on any atom is 0.307 e. The number of alkyl halides is 3. The van der Waals surface area contributed by atoms with Crippen molar-refractivity contribution in [1.82, 2.24) is 4.98 Å². The molecule has 0 unspecified atom stereocenters. The van der Waals surface area contributed by atoms with Crippen LogP contribution in [0, 0.1) is 0 Å². The van der Waals surface area contributed by atoms with E-state index >= 15 is 0 Å². The Morgan fingerprint density at radius 2 is 2.25 bits per heavy atom. The topological polar surface area (TPSA) is 76.2 Å². The molecule has 0 saturated heterocycles. The number of halogens is 3. The summed E-state index contributed by atoms with van der Waals surface area (Å²) in [7, 11) is 0. The minimum absolute atomic E-state index is 0.113. The van der Waals surface area contributed by atoms with Crippen molar-refractivity contribution in [2.75, 3.05) is 5.73 Å². The van der Waals surface area contributed by atoms with Crippen LogP contribution in [0.1, 0.15) is 23.1 Å². The lowest BCUT2D eigenvalue weighted by molar-refractivity contribution is -0.136. The second-order valence-corrected chi connectivity index (χ2v) is 3.63. The first-order valence-electron chi connectivity index (χ1n) is 4.29. The van der Waals surface area contributed by atoms with Gasteiger partial charge in [0.15, 0.2) is 0 Å². The first-order valence-corrected chi connectivity index (χ1v) is 5.41. The predicted octanol–water partition coefficient (Wildman–Crippen LogP) is 2.12. The van der Waals surface area contributed by atoms with E-state index < -0.39 is 18.0 Å². The van der Waals surface area contributed by atoms with Crippen LogP contribution >= 0.6 is 15.9 Å². The molecule has 1 aromatic rings. The van der Waals surface area contributed by atoms with Gasteiger partial charge in [-0.3, -0.25) is 4.79 Å². The van der Waals surface area contributed by atoms with Crippen LogP contribution in [-0.2, 0) is 16.5 Å². The molecule has 4 nitrogen and oxygen atoms in total. The van der Waals surface area contributed by atoms with E-state index in [1.54, 1.807) is 0 Å². The maximum absolute atomic E-state index is 12.7. The molecule has 1 aromatic heterocycles. The smallest absolute Gasteiger partial charge is 0.307 e. The van der Waals surface area contributed by atoms with Crippen LogP contribution < -0.4 is 5.73 Å². The molecule has 0 bridgehead atoms. The SMILES string of the molecule is Nc1ncc(CC(=O)O)c(CBr)c1C(F)F. The van der Waals surface area contributed by atoms with Gasteiger partial charge in [-0.25, -0.2) is 13.8 Å². The number of carboxylic acid groups (broad SMARTS) is 1. The van der Waals surface area contributed by atoms with Crippen LogP contribution in [0.3, 0.4) is 0 Å². The first kappa shape index (κ1) is 12.8. The van der Waals surface area contributed by atoms with Crippen molar-refractivity contribution in [3.8, 4) is 0 Å². The highest BCUT2D eigenvalue weighted by Gasteiger charge is 2.21. The number of aromatic nitrogens is 1. The summed E-state index contributed by atoms with van der Waals surface area (Å²) in [4.78, 5) is 14.1. The number of nitrogens with zero attached hydrogens (tertiary/aromatic N) is 1. The molecule has 0 spiro atoms. The highest BCUT2D eigenvalue weighted by atomic mass is 79.9. The Hall–Kier alpha value is -1.24. The summed E-state index contributed by atoms with van der Waals surface area (Å²) in [5, 5.41) is 8.74. The van der Waals surface area contributed by atoms with Crippen molar-refractivity contribution < 1.29 is 18.7 Å². The molecule has 0 radical (unpaired) electrons. The Labute approximate surface area is 98.6 Å². The van der Waals surface area contributed by atoms with Crippen molar-refractivity contribution in [3.05, 3.63) is 22.9 Å². The Morgan fingerprint density at radius 1 is 1.62 bits per heavy atom. The molecule has 0 fully saturated rings. The largest absolute Gasteiger partial charge is 0.481 e. The number of carboxylic acids is 1. The second-order valence-electron chi connectivity index (χ2n) is 3.07. The first-order chi connectivity index (χ1) is 7.47. The summed E-state index contributed by atoms with van der Waals surface area (Å²) in [5.41, 5.74) is 5.39. The molecule has 1 heterocycles. The molecule has 0 atom stereocenters. The maximum atomic E-state index is 12.7. The van der Waals surface area contributed by atoms with Gasteiger partial charge in [0.2, 0.25) is 0 Å². The highest BCUT2D eigenvalue weighted by molar-refractivity contribution is 9.08. The van der Waals surface area contributed by atoms with Crippen LogP contribution in [0.15, 0.2) is 6.20 Å². The molecular weight excluding hydrogens is 286 g/mol. The lowest BCUT2D eigenvalue weighted by Gasteiger charge is -2.12. The van der Waals surface area contributed by atoms with Gasteiger partial charge in [0.25, 0.3) is 6.43 Å². The molecule has 88 valence electrons. The van der Waals surface area contributed by atoms with Crippen molar-refractivity contribution in [1.29, 1.82) is 0 Å². The number of rotatable bonds is 4. The number of carbonyl (C=O) groups is 1. The van der Waals surface area contributed by atoms with E-state index in [1.165, 1.54) is 6.20 Å². The third kappa shape index (κ3) is 2.66. The van der Waals surface area contributed by atoms with Crippen LogP contribution in [0.25, 0.3) is 0 Å². The summed E-state index contributed by atoms with van der Waals surface area (Å²) >= 11 is 3.04. The standard InChI is InChI=1S/C9H9BrF2N2O2/c10-2-5-4(1-6(15)16)3-14-9(13)7(5)8(11)12/h3,8H,1-2H2,(H2,13,14)(H,15,16). The van der Waals surface area contributed by atoms with E-state index in [4.69, 9.17) is 10.8 Å². The number of aliphatic carboxylic acids is 1. The van der Waals surface area contributed by atoms with Crippen LogP contribution in [-0.4, -0.2) is 16.1 Å². The zero-order valence-corrected chi connectivity index (χ0v) is 9.67. The van der Waals surface area contributed by atoms with Crippen molar-refractivity contribution in [3.63, 3.8) is 0 Å². The van der Waals surface area contributed by atoms with Crippen LogP contribution in [0.5, 0.6) is 0 Å². The third-order valence-electron chi connectivity index (χ3n) is 2.04. The number of hydrogen-bond acceptors (Lipinski definition) is 3. The number of hydrogen-bond donors (Lipinski definition) is 2. The fourth-order valence-electron chi connectivity index (χ4n) is 1.34. The molecule has 0 aromatic carbocycles. The molecule has 0 aliphatic carbocycles. The molecule has 7 heteroatoms. The zero-order chi connectivity index (χ0) is 12.3. The monoisotopic (exact) mass is 294 g/mol. The van der Waals surface area contributed by atoms with Crippen LogP contribution in [0.4, 0.5) is 14.6 Å². The normalized spacial score (nSPS) is 10.8. The molecule has 0 saturated carbocycles. The molecule has 1 rings (SSSR count). The molecule has 0 aliphatic rings. The summed E-state index contributed by atoms with van der Waals surface area (Å²) in [6.07, 6.45) is -1.91. The van der Waals surface area contributed by atoms with Gasteiger partial charge in [-0.1, -0.05) is 15.9 Å². The number of anilines is 1. The molecule has 3 N–H and O–H groups in total. The second kappa shape index (κ2) is 5.20.